The maximum absolute atomic E-state index is 6.01. The van der Waals surface area contributed by atoms with Gasteiger partial charge in [0.2, 0.25) is 5.88 Å². The van der Waals surface area contributed by atoms with E-state index in [0.717, 1.165) is 33.7 Å². The predicted molar refractivity (Wildman–Crippen MR) is 137 cm³/mol. The zero-order valence-electron chi connectivity index (χ0n) is 19.3. The highest BCUT2D eigenvalue weighted by Gasteiger charge is 2.14. The van der Waals surface area contributed by atoms with Crippen molar-refractivity contribution in [1.29, 1.82) is 0 Å². The van der Waals surface area contributed by atoms with Gasteiger partial charge in [-0.2, -0.15) is 0 Å². The number of rotatable bonds is 5. The maximum Gasteiger partial charge on any atom is 0.222 e. The molecule has 0 radical (unpaired) electrons. The van der Waals surface area contributed by atoms with Crippen LogP contribution in [-0.4, -0.2) is 26.6 Å². The minimum Gasteiger partial charge on any atom is -0.497 e. The molecule has 170 valence electrons. The monoisotopic (exact) mass is 458 g/mol. The van der Waals surface area contributed by atoms with E-state index < -0.39 is 0 Å². The molecule has 35 heavy (non-hydrogen) atoms. The van der Waals surface area contributed by atoms with Gasteiger partial charge in [0.1, 0.15) is 11.5 Å². The van der Waals surface area contributed by atoms with Crippen LogP contribution >= 0.6 is 0 Å². The number of para-hydroxylation sites is 1. The molecule has 3 heterocycles. The van der Waals surface area contributed by atoms with Crippen LogP contribution < -0.4 is 9.47 Å². The van der Waals surface area contributed by atoms with Crippen molar-refractivity contribution < 1.29 is 9.47 Å². The zero-order valence-corrected chi connectivity index (χ0v) is 19.3. The first kappa shape index (κ1) is 20.9. The third-order valence-electron chi connectivity index (χ3n) is 6.00. The van der Waals surface area contributed by atoms with Crippen molar-refractivity contribution in [2.45, 2.75) is 6.92 Å². The Morgan fingerprint density at radius 2 is 1.54 bits per heavy atom. The van der Waals surface area contributed by atoms with Crippen LogP contribution in [0.3, 0.4) is 0 Å². The third kappa shape index (κ3) is 3.85. The Labute approximate surface area is 202 Å². The van der Waals surface area contributed by atoms with E-state index in [2.05, 4.69) is 62.0 Å². The second kappa shape index (κ2) is 8.57. The Bertz CT molecular complexity index is 1670. The fraction of sp³-hybridized carbons (Fsp3) is 0.0690. The molecule has 0 unspecified atom stereocenters. The van der Waals surface area contributed by atoms with E-state index >= 15 is 0 Å². The highest BCUT2D eigenvalue weighted by molar-refractivity contribution is 6.10. The maximum atomic E-state index is 6.01. The molecule has 0 fully saturated rings. The molecule has 0 saturated heterocycles. The van der Waals surface area contributed by atoms with Crippen LogP contribution in [0.4, 0.5) is 0 Å². The summed E-state index contributed by atoms with van der Waals surface area (Å²) in [5.74, 6) is 2.67. The summed E-state index contributed by atoms with van der Waals surface area (Å²) in [4.78, 5) is 13.4. The van der Waals surface area contributed by atoms with Gasteiger partial charge in [-0.1, -0.05) is 42.5 Å². The summed E-state index contributed by atoms with van der Waals surface area (Å²) in [6, 6.07) is 26.4. The van der Waals surface area contributed by atoms with E-state index in [9.17, 15) is 0 Å². The van der Waals surface area contributed by atoms with Crippen LogP contribution in [0.5, 0.6) is 17.4 Å². The molecule has 0 bridgehead atoms. The van der Waals surface area contributed by atoms with Crippen LogP contribution in [0, 0.1) is 6.92 Å². The van der Waals surface area contributed by atoms with Crippen LogP contribution in [-0.2, 0) is 0 Å². The van der Waals surface area contributed by atoms with Gasteiger partial charge in [0.15, 0.2) is 5.82 Å². The molecule has 0 saturated carbocycles. The minimum atomic E-state index is 0.482. The highest BCUT2D eigenvalue weighted by Crippen LogP contribution is 2.35. The van der Waals surface area contributed by atoms with Gasteiger partial charge in [-0.3, -0.25) is 9.55 Å². The van der Waals surface area contributed by atoms with Gasteiger partial charge in [0, 0.05) is 23.0 Å². The van der Waals surface area contributed by atoms with Gasteiger partial charge >= 0.3 is 0 Å². The second-order valence-electron chi connectivity index (χ2n) is 8.26. The summed E-state index contributed by atoms with van der Waals surface area (Å²) < 4.78 is 13.4. The van der Waals surface area contributed by atoms with Crippen LogP contribution in [0.2, 0.25) is 0 Å². The molecule has 6 rings (SSSR count). The number of aromatic nitrogens is 4. The molecule has 3 aromatic heterocycles. The summed E-state index contributed by atoms with van der Waals surface area (Å²) >= 11 is 0. The van der Waals surface area contributed by atoms with E-state index in [4.69, 9.17) is 9.47 Å². The van der Waals surface area contributed by atoms with E-state index in [1.165, 1.54) is 10.8 Å². The van der Waals surface area contributed by atoms with E-state index in [1.54, 1.807) is 31.6 Å². The molecule has 0 amide bonds. The Morgan fingerprint density at radius 1 is 0.686 bits per heavy atom. The van der Waals surface area contributed by atoms with Crippen LogP contribution in [0.1, 0.15) is 5.69 Å². The van der Waals surface area contributed by atoms with Crippen molar-refractivity contribution in [3.8, 4) is 34.3 Å². The molecule has 0 aliphatic carbocycles. The predicted octanol–water partition coefficient (Wildman–Crippen LogP) is 6.75. The first-order valence-electron chi connectivity index (χ1n) is 11.3. The number of ether oxygens (including phenoxy) is 2. The Morgan fingerprint density at radius 3 is 2.40 bits per heavy atom. The SMILES string of the molecule is COc1ccnc(Oc2cccc(-c3ccc4c5ccccc5n(-c5cnc(C)cn5)c4c3)c2)c1. The zero-order chi connectivity index (χ0) is 23.8. The Balaban J connectivity index is 1.46. The van der Waals surface area contributed by atoms with Gasteiger partial charge in [-0.25, -0.2) is 9.97 Å². The summed E-state index contributed by atoms with van der Waals surface area (Å²) in [5, 5.41) is 2.34. The first-order chi connectivity index (χ1) is 17.2. The summed E-state index contributed by atoms with van der Waals surface area (Å²) in [7, 11) is 1.62. The fourth-order valence-electron chi connectivity index (χ4n) is 4.33. The summed E-state index contributed by atoms with van der Waals surface area (Å²) in [6.07, 6.45) is 5.29. The number of hydrogen-bond donors (Lipinski definition) is 0. The molecular formula is C29H22N4O2. The highest BCUT2D eigenvalue weighted by atomic mass is 16.5. The lowest BCUT2D eigenvalue weighted by molar-refractivity contribution is 0.405. The normalized spacial score (nSPS) is 11.1. The Hall–Kier alpha value is -4.71. The molecule has 0 N–H and O–H groups in total. The fourth-order valence-corrected chi connectivity index (χ4v) is 4.33. The molecular weight excluding hydrogens is 436 g/mol. The van der Waals surface area contributed by atoms with E-state index in [0.29, 0.717) is 17.4 Å². The average molecular weight is 459 g/mol. The average Bonchev–Trinajstić information content (AvgIpc) is 3.23. The smallest absolute Gasteiger partial charge is 0.222 e. The molecule has 0 aliphatic heterocycles. The molecule has 0 atom stereocenters. The number of pyridine rings is 1. The van der Waals surface area contributed by atoms with Crippen molar-refractivity contribution >= 4 is 21.8 Å². The quantitative estimate of drug-likeness (QED) is 0.286. The van der Waals surface area contributed by atoms with Gasteiger partial charge < -0.3 is 9.47 Å². The standard InChI is InChI=1S/C29H22N4O2/c1-19-17-32-28(18-31-19)33-26-9-4-3-8-24(26)25-11-10-21(15-27(25)33)20-6-5-7-23(14-20)35-29-16-22(34-2)12-13-30-29/h3-18H,1-2H3. The van der Waals surface area contributed by atoms with Gasteiger partial charge in [-0.15, -0.1) is 0 Å². The van der Waals surface area contributed by atoms with E-state index in [1.807, 2.05) is 37.4 Å². The first-order valence-corrected chi connectivity index (χ1v) is 11.3. The second-order valence-corrected chi connectivity index (χ2v) is 8.26. The summed E-state index contributed by atoms with van der Waals surface area (Å²) in [5.41, 5.74) is 5.17. The van der Waals surface area contributed by atoms with Crippen molar-refractivity contribution in [2.24, 2.45) is 0 Å². The lowest BCUT2D eigenvalue weighted by atomic mass is 10.0. The van der Waals surface area contributed by atoms with Gasteiger partial charge in [0.05, 0.1) is 36.2 Å². The van der Waals surface area contributed by atoms with Crippen molar-refractivity contribution in [3.05, 3.63) is 103 Å². The molecule has 6 aromatic rings. The van der Waals surface area contributed by atoms with Crippen LogP contribution in [0.25, 0.3) is 38.8 Å². The van der Waals surface area contributed by atoms with Crippen LogP contribution in [0.15, 0.2) is 97.5 Å². The van der Waals surface area contributed by atoms with Gasteiger partial charge in [-0.05, 0) is 48.4 Å². The number of methoxy groups -OCH3 is 1. The Kier molecular flexibility index (Phi) is 5.11. The third-order valence-corrected chi connectivity index (χ3v) is 6.00. The van der Waals surface area contributed by atoms with Gasteiger partial charge in [0.25, 0.3) is 0 Å². The van der Waals surface area contributed by atoms with Crippen molar-refractivity contribution in [3.63, 3.8) is 0 Å². The topological polar surface area (TPSA) is 62.1 Å². The van der Waals surface area contributed by atoms with Crippen molar-refractivity contribution in [1.82, 2.24) is 19.5 Å². The molecule has 3 aromatic carbocycles. The minimum absolute atomic E-state index is 0.482. The number of aryl methyl sites for hydroxylation is 1. The lowest BCUT2D eigenvalue weighted by Crippen LogP contribution is -1.99. The van der Waals surface area contributed by atoms with E-state index in [-0.39, 0.29) is 0 Å². The van der Waals surface area contributed by atoms with Crippen molar-refractivity contribution in [2.75, 3.05) is 7.11 Å². The number of hydrogen-bond acceptors (Lipinski definition) is 5. The molecule has 6 nitrogen and oxygen atoms in total. The summed E-state index contributed by atoms with van der Waals surface area (Å²) in [6.45, 7) is 1.94. The number of nitrogens with zero attached hydrogens (tertiary/aromatic N) is 4. The number of benzene rings is 3. The number of fused-ring (bicyclic) bond motifs is 3. The largest absolute Gasteiger partial charge is 0.497 e. The lowest BCUT2D eigenvalue weighted by Gasteiger charge is -2.10. The molecule has 6 heteroatoms. The molecule has 0 aliphatic rings. The molecule has 0 spiro atoms.